The molecule has 1 aliphatic carbocycles. The fraction of sp³-hybridized carbons (Fsp3) is 1.00. The molecule has 0 bridgehead atoms. The minimum Gasteiger partial charge on any atom is -0.313 e. The van der Waals surface area contributed by atoms with E-state index in [4.69, 9.17) is 0 Å². The predicted octanol–water partition coefficient (Wildman–Crippen LogP) is 6.14. The minimum absolute atomic E-state index is 0.0533. The van der Waals surface area contributed by atoms with Crippen LogP contribution in [0.4, 0.5) is 0 Å². The van der Waals surface area contributed by atoms with E-state index in [1.807, 2.05) is 0 Å². The Labute approximate surface area is 141 Å². The second-order valence-electron chi connectivity index (χ2n) is 11.2. The fourth-order valence-corrected chi connectivity index (χ4v) is 6.56. The van der Waals surface area contributed by atoms with Crippen LogP contribution in [0.5, 0.6) is 0 Å². The summed E-state index contributed by atoms with van der Waals surface area (Å²) in [4.78, 5) is 0. The summed E-state index contributed by atoms with van der Waals surface area (Å²) in [6, 6.07) is 0. The van der Waals surface area contributed by atoms with E-state index in [9.17, 15) is 0 Å². The van der Waals surface area contributed by atoms with E-state index < -0.39 is 0 Å². The molecule has 1 heteroatoms. The third kappa shape index (κ3) is 1.65. The Morgan fingerprint density at radius 2 is 0.818 bits per heavy atom. The first kappa shape index (κ1) is 20.0. The van der Waals surface area contributed by atoms with Crippen molar-refractivity contribution in [1.82, 2.24) is 5.32 Å². The van der Waals surface area contributed by atoms with E-state index in [0.717, 1.165) is 0 Å². The van der Waals surface area contributed by atoms with Gasteiger partial charge in [0.1, 0.15) is 0 Å². The van der Waals surface area contributed by atoms with E-state index >= 15 is 0 Å². The zero-order chi connectivity index (χ0) is 18.2. The second kappa shape index (κ2) is 4.52. The van der Waals surface area contributed by atoms with Crippen LogP contribution in [0, 0.1) is 32.5 Å². The Kier molecular flexibility index (Phi) is 4.11. The summed E-state index contributed by atoms with van der Waals surface area (Å²) in [6.45, 7) is 32.2. The van der Waals surface area contributed by atoms with E-state index in [1.54, 1.807) is 0 Å². The van der Waals surface area contributed by atoms with E-state index in [2.05, 4.69) is 102 Å². The minimum atomic E-state index is 0.0533. The molecule has 1 nitrogen and oxygen atoms in total. The Morgan fingerprint density at radius 1 is 0.545 bits per heavy atom. The first-order valence-corrected chi connectivity index (χ1v) is 9.00. The number of rotatable bonds is 1. The third-order valence-corrected chi connectivity index (χ3v) is 10.1. The summed E-state index contributed by atoms with van der Waals surface area (Å²) in [6.07, 6.45) is 0. The maximum Gasteiger partial charge on any atom is 0.0262 e. The Morgan fingerprint density at radius 3 is 1.00 bits per heavy atom. The molecule has 0 atom stereocenters. The monoisotopic (exact) mass is 309 g/mol. The lowest BCUT2D eigenvalue weighted by Crippen LogP contribution is -2.80. The molecule has 0 aliphatic heterocycles. The van der Waals surface area contributed by atoms with Gasteiger partial charge < -0.3 is 5.32 Å². The van der Waals surface area contributed by atoms with Gasteiger partial charge in [-0.05, 0) is 46.5 Å². The molecule has 1 aliphatic rings. The van der Waals surface area contributed by atoms with Gasteiger partial charge in [-0.1, -0.05) is 83.1 Å². The van der Waals surface area contributed by atoms with Gasteiger partial charge in [0.05, 0.1) is 0 Å². The molecule has 1 N–H and O–H groups in total. The lowest BCUT2D eigenvalue weighted by molar-refractivity contribution is -0.300. The molecule has 0 amide bonds. The van der Waals surface area contributed by atoms with Crippen LogP contribution < -0.4 is 5.32 Å². The molecule has 0 unspecified atom stereocenters. The molecule has 0 heterocycles. The third-order valence-electron chi connectivity index (χ3n) is 10.1. The van der Waals surface area contributed by atoms with Crippen molar-refractivity contribution in [3.05, 3.63) is 0 Å². The number of hydrogen-bond donors (Lipinski definition) is 1. The van der Waals surface area contributed by atoms with E-state index in [1.165, 1.54) is 0 Å². The van der Waals surface area contributed by atoms with E-state index in [-0.39, 0.29) is 38.0 Å². The maximum absolute atomic E-state index is 3.76. The highest BCUT2D eigenvalue weighted by molar-refractivity contribution is 5.27. The van der Waals surface area contributed by atoms with Crippen LogP contribution in [0.3, 0.4) is 0 Å². The zero-order valence-electron chi connectivity index (χ0n) is 18.0. The average Bonchev–Trinajstić information content (AvgIpc) is 2.32. The SMILES string of the molecule is CNC1(C)C(C)(C)C(C)(C)C(C)(C(C)(C)C)C(C)(C)C1(C)C. The molecule has 1 fully saturated rings. The highest BCUT2D eigenvalue weighted by Crippen LogP contribution is 2.78. The molecule has 0 radical (unpaired) electrons. The summed E-state index contributed by atoms with van der Waals surface area (Å²) in [5.41, 5.74) is 1.12. The molecule has 0 aromatic rings. The molecule has 0 aromatic carbocycles. The van der Waals surface area contributed by atoms with Crippen molar-refractivity contribution in [1.29, 1.82) is 0 Å². The summed E-state index contributed by atoms with van der Waals surface area (Å²) in [5.74, 6) is 0. The number of nitrogens with one attached hydrogen (secondary N) is 1. The first-order chi connectivity index (χ1) is 9.31. The van der Waals surface area contributed by atoms with Crippen molar-refractivity contribution in [3.63, 3.8) is 0 Å². The van der Waals surface area contributed by atoms with Crippen LogP contribution in [-0.4, -0.2) is 12.6 Å². The Bertz CT molecular complexity index is 415. The van der Waals surface area contributed by atoms with Gasteiger partial charge in [0.25, 0.3) is 0 Å². The molecular weight excluding hydrogens is 266 g/mol. The predicted molar refractivity (Wildman–Crippen MR) is 100 cm³/mol. The standard InChI is InChI=1S/C21H43N/c1-15(2,3)20(12)16(4,5)18(8,9)21(13,22-14)19(10,11)17(20,6)7/h22H,1-14H3. The fourth-order valence-electron chi connectivity index (χ4n) is 6.56. The van der Waals surface area contributed by atoms with Crippen molar-refractivity contribution in [2.24, 2.45) is 32.5 Å². The summed E-state index contributed by atoms with van der Waals surface area (Å²) in [5, 5.41) is 3.76. The van der Waals surface area contributed by atoms with Crippen molar-refractivity contribution in [2.75, 3.05) is 7.05 Å². The molecule has 22 heavy (non-hydrogen) atoms. The molecule has 0 spiro atoms. The van der Waals surface area contributed by atoms with Crippen molar-refractivity contribution >= 4 is 0 Å². The van der Waals surface area contributed by atoms with Crippen LogP contribution >= 0.6 is 0 Å². The largest absolute Gasteiger partial charge is 0.313 e. The normalized spacial score (nSPS) is 39.5. The quantitative estimate of drug-likeness (QED) is 0.614. The molecule has 0 aromatic heterocycles. The van der Waals surface area contributed by atoms with Gasteiger partial charge in [0, 0.05) is 5.54 Å². The van der Waals surface area contributed by atoms with Crippen LogP contribution in [0.15, 0.2) is 0 Å². The second-order valence-corrected chi connectivity index (χ2v) is 11.2. The van der Waals surface area contributed by atoms with Gasteiger partial charge in [0.2, 0.25) is 0 Å². The molecule has 0 saturated heterocycles. The Hall–Kier alpha value is -0.0400. The topological polar surface area (TPSA) is 12.0 Å². The lowest BCUT2D eigenvalue weighted by atomic mass is 9.26. The highest BCUT2D eigenvalue weighted by atomic mass is 15.0. The Balaban J connectivity index is 3.96. The smallest absolute Gasteiger partial charge is 0.0262 e. The van der Waals surface area contributed by atoms with Crippen LogP contribution in [0.1, 0.15) is 90.0 Å². The van der Waals surface area contributed by atoms with Gasteiger partial charge in [-0.15, -0.1) is 0 Å². The lowest BCUT2D eigenvalue weighted by Gasteiger charge is -2.80. The molecular formula is C21H43N. The first-order valence-electron chi connectivity index (χ1n) is 9.00. The molecule has 1 saturated carbocycles. The van der Waals surface area contributed by atoms with Gasteiger partial charge in [0.15, 0.2) is 0 Å². The highest BCUT2D eigenvalue weighted by Gasteiger charge is 2.76. The number of hydrogen-bond acceptors (Lipinski definition) is 1. The van der Waals surface area contributed by atoms with Crippen LogP contribution in [-0.2, 0) is 0 Å². The van der Waals surface area contributed by atoms with Crippen LogP contribution in [0.2, 0.25) is 0 Å². The van der Waals surface area contributed by atoms with Gasteiger partial charge in [-0.3, -0.25) is 0 Å². The maximum atomic E-state index is 3.76. The molecule has 132 valence electrons. The van der Waals surface area contributed by atoms with Crippen molar-refractivity contribution in [2.45, 2.75) is 95.5 Å². The average molecular weight is 310 g/mol. The van der Waals surface area contributed by atoms with Crippen molar-refractivity contribution in [3.8, 4) is 0 Å². The molecule has 1 rings (SSSR count). The summed E-state index contributed by atoms with van der Waals surface area (Å²) < 4.78 is 0. The summed E-state index contributed by atoms with van der Waals surface area (Å²) in [7, 11) is 2.15. The summed E-state index contributed by atoms with van der Waals surface area (Å²) >= 11 is 0. The zero-order valence-corrected chi connectivity index (χ0v) is 18.0. The van der Waals surface area contributed by atoms with Crippen LogP contribution in [0.25, 0.3) is 0 Å². The van der Waals surface area contributed by atoms with E-state index in [0.29, 0.717) is 0 Å². The van der Waals surface area contributed by atoms with Gasteiger partial charge in [-0.25, -0.2) is 0 Å². The van der Waals surface area contributed by atoms with Crippen molar-refractivity contribution < 1.29 is 0 Å². The van der Waals surface area contributed by atoms with Gasteiger partial charge >= 0.3 is 0 Å². The van der Waals surface area contributed by atoms with Gasteiger partial charge in [-0.2, -0.15) is 0 Å².